The van der Waals surface area contributed by atoms with Gasteiger partial charge in [0.15, 0.2) is 12.4 Å². The van der Waals surface area contributed by atoms with Crippen molar-refractivity contribution in [2.45, 2.75) is 0 Å². The molecule has 7 heteroatoms. The number of nitrogens with two attached hydrogens (primary N) is 1. The van der Waals surface area contributed by atoms with Crippen LogP contribution >= 0.6 is 11.6 Å². The molecule has 0 radical (unpaired) electrons. The average molecular weight is 309 g/mol. The summed E-state index contributed by atoms with van der Waals surface area (Å²) >= 11 is 5.69. The zero-order valence-electron chi connectivity index (χ0n) is 10.7. The number of hydrogen-bond donors (Lipinski definition) is 2. The van der Waals surface area contributed by atoms with Gasteiger partial charge < -0.3 is 20.5 Å². The molecule has 21 heavy (non-hydrogen) atoms. The molecule has 3 N–H and O–H groups in total. The van der Waals surface area contributed by atoms with Crippen molar-refractivity contribution in [3.63, 3.8) is 0 Å². The molecule has 1 heterocycles. The minimum absolute atomic E-state index is 0.0549. The second-order valence-electron chi connectivity index (χ2n) is 4.40. The molecule has 0 spiro atoms. The van der Waals surface area contributed by atoms with E-state index in [1.807, 2.05) is 0 Å². The van der Waals surface area contributed by atoms with Crippen molar-refractivity contribution in [1.82, 2.24) is 0 Å². The standard InChI is InChI=1S/C14H10ClFN2O3/c15-8-3-7(1-2-9(8)16)21-12-5-11-13(4-10(12)17)20-6-14(19)18-11/h1-5H,6,17H2,(H,18,19). The van der Waals surface area contributed by atoms with E-state index in [-0.39, 0.29) is 17.5 Å². The summed E-state index contributed by atoms with van der Waals surface area (Å²) in [5, 5.41) is 2.59. The van der Waals surface area contributed by atoms with Crippen LogP contribution in [-0.2, 0) is 4.79 Å². The second-order valence-corrected chi connectivity index (χ2v) is 4.81. The van der Waals surface area contributed by atoms with Crippen LogP contribution in [0.2, 0.25) is 5.02 Å². The first-order valence-electron chi connectivity index (χ1n) is 6.02. The number of hydrogen-bond acceptors (Lipinski definition) is 4. The minimum Gasteiger partial charge on any atom is -0.481 e. The number of carbonyl (C=O) groups excluding carboxylic acids is 1. The van der Waals surface area contributed by atoms with Gasteiger partial charge in [0.05, 0.1) is 16.4 Å². The molecule has 1 aliphatic rings. The van der Waals surface area contributed by atoms with Gasteiger partial charge in [-0.2, -0.15) is 0 Å². The number of fused-ring (bicyclic) bond motifs is 1. The lowest BCUT2D eigenvalue weighted by atomic mass is 10.2. The molecule has 0 aromatic heterocycles. The SMILES string of the molecule is Nc1cc2c(cc1Oc1ccc(F)c(Cl)c1)NC(=O)CO2. The molecule has 0 unspecified atom stereocenters. The first-order chi connectivity index (χ1) is 10.0. The lowest BCUT2D eigenvalue weighted by Gasteiger charge is -2.20. The predicted molar refractivity (Wildman–Crippen MR) is 76.5 cm³/mol. The minimum atomic E-state index is -0.539. The summed E-state index contributed by atoms with van der Waals surface area (Å²) in [6, 6.07) is 7.05. The quantitative estimate of drug-likeness (QED) is 0.836. The molecule has 2 aromatic carbocycles. The molecule has 5 nitrogen and oxygen atoms in total. The monoisotopic (exact) mass is 308 g/mol. The van der Waals surface area contributed by atoms with E-state index in [1.54, 1.807) is 12.1 Å². The third-order valence-electron chi connectivity index (χ3n) is 2.86. The highest BCUT2D eigenvalue weighted by Crippen LogP contribution is 2.38. The molecular formula is C14H10ClFN2O3. The van der Waals surface area contributed by atoms with Gasteiger partial charge in [-0.25, -0.2) is 4.39 Å². The summed E-state index contributed by atoms with van der Waals surface area (Å²) in [6.07, 6.45) is 0. The van der Waals surface area contributed by atoms with Gasteiger partial charge in [-0.15, -0.1) is 0 Å². The number of carbonyl (C=O) groups is 1. The summed E-state index contributed by atoms with van der Waals surface area (Å²) in [7, 11) is 0. The normalized spacial score (nSPS) is 13.1. The number of anilines is 2. The van der Waals surface area contributed by atoms with Crippen LogP contribution in [-0.4, -0.2) is 12.5 Å². The Hall–Kier alpha value is -2.47. The van der Waals surface area contributed by atoms with Gasteiger partial charge in [-0.1, -0.05) is 11.6 Å². The molecule has 0 saturated heterocycles. The molecule has 108 valence electrons. The second kappa shape index (κ2) is 5.14. The zero-order chi connectivity index (χ0) is 15.0. The fraction of sp³-hybridized carbons (Fsp3) is 0.0714. The Bertz CT molecular complexity index is 736. The van der Waals surface area contributed by atoms with Crippen LogP contribution in [0.25, 0.3) is 0 Å². The van der Waals surface area contributed by atoms with Crippen molar-refractivity contribution in [2.24, 2.45) is 0 Å². The van der Waals surface area contributed by atoms with Crippen molar-refractivity contribution in [2.75, 3.05) is 17.7 Å². The van der Waals surface area contributed by atoms with E-state index >= 15 is 0 Å². The van der Waals surface area contributed by atoms with Gasteiger partial charge in [0.1, 0.15) is 17.3 Å². The van der Waals surface area contributed by atoms with Gasteiger partial charge in [0.25, 0.3) is 5.91 Å². The highest BCUT2D eigenvalue weighted by atomic mass is 35.5. The van der Waals surface area contributed by atoms with E-state index in [0.717, 1.165) is 0 Å². The molecule has 3 rings (SSSR count). The first kappa shape index (κ1) is 13.5. The van der Waals surface area contributed by atoms with E-state index in [4.69, 9.17) is 26.8 Å². The van der Waals surface area contributed by atoms with E-state index in [9.17, 15) is 9.18 Å². The van der Waals surface area contributed by atoms with Gasteiger partial charge >= 0.3 is 0 Å². The van der Waals surface area contributed by atoms with Crippen molar-refractivity contribution in [3.8, 4) is 17.2 Å². The Balaban J connectivity index is 1.93. The molecule has 0 saturated carbocycles. The highest BCUT2D eigenvalue weighted by molar-refractivity contribution is 6.30. The summed E-state index contributed by atoms with van der Waals surface area (Å²) in [6.45, 7) is -0.0553. The van der Waals surface area contributed by atoms with Crippen LogP contribution in [0.5, 0.6) is 17.2 Å². The molecule has 0 aliphatic carbocycles. The number of amides is 1. The summed E-state index contributed by atoms with van der Waals surface area (Å²) in [5.74, 6) is 0.307. The summed E-state index contributed by atoms with van der Waals surface area (Å²) in [4.78, 5) is 11.3. The predicted octanol–water partition coefficient (Wildman–Crippen LogP) is 3.18. The number of benzene rings is 2. The number of nitrogen functional groups attached to an aromatic ring is 1. The summed E-state index contributed by atoms with van der Waals surface area (Å²) in [5.41, 5.74) is 6.66. The Morgan fingerprint density at radius 2 is 2.14 bits per heavy atom. The Morgan fingerprint density at radius 1 is 1.33 bits per heavy atom. The van der Waals surface area contributed by atoms with Gasteiger partial charge in [-0.05, 0) is 12.1 Å². The van der Waals surface area contributed by atoms with Gasteiger partial charge in [0, 0.05) is 18.2 Å². The van der Waals surface area contributed by atoms with Gasteiger partial charge in [-0.3, -0.25) is 4.79 Å². The largest absolute Gasteiger partial charge is 0.481 e. The lowest BCUT2D eigenvalue weighted by molar-refractivity contribution is -0.118. The smallest absolute Gasteiger partial charge is 0.262 e. The topological polar surface area (TPSA) is 73.6 Å². The molecule has 2 aromatic rings. The first-order valence-corrected chi connectivity index (χ1v) is 6.40. The number of halogens is 2. The van der Waals surface area contributed by atoms with Crippen LogP contribution in [0.15, 0.2) is 30.3 Å². The van der Waals surface area contributed by atoms with Crippen molar-refractivity contribution in [1.29, 1.82) is 0 Å². The number of ether oxygens (including phenoxy) is 2. The third kappa shape index (κ3) is 2.71. The Morgan fingerprint density at radius 3 is 2.90 bits per heavy atom. The molecule has 0 fully saturated rings. The van der Waals surface area contributed by atoms with E-state index in [1.165, 1.54) is 18.2 Å². The Kier molecular flexibility index (Phi) is 3.31. The van der Waals surface area contributed by atoms with E-state index < -0.39 is 5.82 Å². The van der Waals surface area contributed by atoms with Crippen molar-refractivity contribution >= 4 is 28.9 Å². The zero-order valence-corrected chi connectivity index (χ0v) is 11.4. The van der Waals surface area contributed by atoms with Gasteiger partial charge in [0.2, 0.25) is 0 Å². The highest BCUT2D eigenvalue weighted by Gasteiger charge is 2.18. The number of rotatable bonds is 2. The van der Waals surface area contributed by atoms with Crippen LogP contribution in [0.4, 0.5) is 15.8 Å². The van der Waals surface area contributed by atoms with Crippen LogP contribution < -0.4 is 20.5 Å². The van der Waals surface area contributed by atoms with Crippen LogP contribution in [0.3, 0.4) is 0 Å². The van der Waals surface area contributed by atoms with E-state index in [2.05, 4.69) is 5.32 Å². The third-order valence-corrected chi connectivity index (χ3v) is 3.15. The van der Waals surface area contributed by atoms with Crippen molar-refractivity contribution < 1.29 is 18.7 Å². The van der Waals surface area contributed by atoms with E-state index in [0.29, 0.717) is 28.6 Å². The fourth-order valence-electron chi connectivity index (χ4n) is 1.88. The Labute approximate surface area is 124 Å². The molecule has 1 aliphatic heterocycles. The average Bonchev–Trinajstić information content (AvgIpc) is 2.44. The van der Waals surface area contributed by atoms with Crippen molar-refractivity contribution in [3.05, 3.63) is 41.2 Å². The molecular weight excluding hydrogens is 299 g/mol. The maximum absolute atomic E-state index is 13.1. The maximum Gasteiger partial charge on any atom is 0.262 e. The number of nitrogens with one attached hydrogen (secondary N) is 1. The summed E-state index contributed by atoms with van der Waals surface area (Å²) < 4.78 is 23.9. The fourth-order valence-corrected chi connectivity index (χ4v) is 2.05. The molecule has 0 atom stereocenters. The molecule has 1 amide bonds. The van der Waals surface area contributed by atoms with Crippen LogP contribution in [0.1, 0.15) is 0 Å². The maximum atomic E-state index is 13.1. The van der Waals surface area contributed by atoms with Crippen LogP contribution in [0, 0.1) is 5.82 Å². The molecule has 0 bridgehead atoms. The lowest BCUT2D eigenvalue weighted by Crippen LogP contribution is -2.25.